The Morgan fingerprint density at radius 1 is 1.08 bits per heavy atom. The zero-order chi connectivity index (χ0) is 9.40. The lowest BCUT2D eigenvalue weighted by molar-refractivity contribution is 0.0634. The third-order valence-corrected chi connectivity index (χ3v) is 2.09. The highest BCUT2D eigenvalue weighted by atomic mass is 16.5. The first kappa shape index (κ1) is 11.9. The summed E-state index contributed by atoms with van der Waals surface area (Å²) in [7, 11) is 3.46. The molecule has 0 saturated carbocycles. The Morgan fingerprint density at radius 2 is 1.75 bits per heavy atom. The molecule has 0 saturated heterocycles. The van der Waals surface area contributed by atoms with Crippen molar-refractivity contribution in [3.8, 4) is 0 Å². The minimum atomic E-state index is 0.111. The van der Waals surface area contributed by atoms with Crippen LogP contribution >= 0.6 is 0 Å². The molecule has 12 heavy (non-hydrogen) atoms. The van der Waals surface area contributed by atoms with E-state index >= 15 is 0 Å². The summed E-state index contributed by atoms with van der Waals surface area (Å²) in [6, 6.07) is 0. The second kappa shape index (κ2) is 7.56. The predicted molar refractivity (Wildman–Crippen MR) is 51.1 cm³/mol. The van der Waals surface area contributed by atoms with Crippen LogP contribution in [0.1, 0.15) is 32.6 Å². The van der Waals surface area contributed by atoms with Crippen LogP contribution in [0, 0.1) is 6.92 Å². The maximum atomic E-state index is 5.30. The molecule has 0 N–H and O–H groups in total. The van der Waals surface area contributed by atoms with E-state index in [4.69, 9.17) is 9.47 Å². The van der Waals surface area contributed by atoms with Crippen LogP contribution in [-0.4, -0.2) is 26.4 Å². The molecule has 0 aromatic carbocycles. The van der Waals surface area contributed by atoms with Crippen LogP contribution in [0.2, 0.25) is 0 Å². The molecule has 73 valence electrons. The van der Waals surface area contributed by atoms with Crippen molar-refractivity contribution in [1.29, 1.82) is 0 Å². The van der Waals surface area contributed by atoms with Crippen molar-refractivity contribution in [1.82, 2.24) is 0 Å². The van der Waals surface area contributed by atoms with E-state index in [9.17, 15) is 0 Å². The fourth-order valence-electron chi connectivity index (χ4n) is 1.19. The highest BCUT2D eigenvalue weighted by molar-refractivity contribution is 4.64. The topological polar surface area (TPSA) is 18.5 Å². The molecule has 2 unspecified atom stereocenters. The summed E-state index contributed by atoms with van der Waals surface area (Å²) in [5, 5.41) is 0. The molecule has 0 heterocycles. The van der Waals surface area contributed by atoms with E-state index in [1.165, 1.54) is 6.42 Å². The zero-order valence-electron chi connectivity index (χ0n) is 8.51. The van der Waals surface area contributed by atoms with Crippen molar-refractivity contribution in [2.24, 2.45) is 0 Å². The summed E-state index contributed by atoms with van der Waals surface area (Å²) in [6.07, 6.45) is 4.83. The maximum Gasteiger partial charge on any atom is 0.0573 e. The Balaban J connectivity index is 3.43. The van der Waals surface area contributed by atoms with Gasteiger partial charge in [-0.25, -0.2) is 0 Å². The maximum absolute atomic E-state index is 5.30. The second-order valence-electron chi connectivity index (χ2n) is 3.08. The van der Waals surface area contributed by atoms with E-state index < -0.39 is 0 Å². The lowest BCUT2D eigenvalue weighted by Crippen LogP contribution is -2.14. The van der Waals surface area contributed by atoms with Crippen LogP contribution in [0.4, 0.5) is 0 Å². The van der Waals surface area contributed by atoms with Gasteiger partial charge in [0.05, 0.1) is 12.2 Å². The van der Waals surface area contributed by atoms with Crippen LogP contribution in [0.15, 0.2) is 0 Å². The van der Waals surface area contributed by atoms with Gasteiger partial charge in [0, 0.05) is 14.2 Å². The number of rotatable bonds is 7. The van der Waals surface area contributed by atoms with Gasteiger partial charge in [-0.05, 0) is 26.2 Å². The van der Waals surface area contributed by atoms with Gasteiger partial charge < -0.3 is 9.47 Å². The SMILES string of the molecule is [CH2]C(CCC(CCC)OC)OC. The van der Waals surface area contributed by atoms with Gasteiger partial charge in [-0.15, -0.1) is 0 Å². The fourth-order valence-corrected chi connectivity index (χ4v) is 1.19. The molecule has 0 aromatic heterocycles. The fraction of sp³-hybridized carbons (Fsp3) is 0.900. The average Bonchev–Trinajstić information content (AvgIpc) is 2.11. The van der Waals surface area contributed by atoms with E-state index in [1.54, 1.807) is 14.2 Å². The zero-order valence-corrected chi connectivity index (χ0v) is 8.51. The molecule has 2 heteroatoms. The lowest BCUT2D eigenvalue weighted by atomic mass is 10.1. The van der Waals surface area contributed by atoms with Gasteiger partial charge >= 0.3 is 0 Å². The summed E-state index contributed by atoms with van der Waals surface area (Å²) in [5.41, 5.74) is 0. The highest BCUT2D eigenvalue weighted by Crippen LogP contribution is 2.10. The van der Waals surface area contributed by atoms with Gasteiger partial charge in [0.2, 0.25) is 0 Å². The molecule has 2 atom stereocenters. The first-order valence-corrected chi connectivity index (χ1v) is 4.63. The minimum absolute atomic E-state index is 0.111. The molecule has 0 aromatic rings. The van der Waals surface area contributed by atoms with E-state index in [-0.39, 0.29) is 6.10 Å². The van der Waals surface area contributed by atoms with Crippen LogP contribution in [0.5, 0.6) is 0 Å². The molecule has 0 amide bonds. The van der Waals surface area contributed by atoms with Crippen LogP contribution in [-0.2, 0) is 9.47 Å². The standard InChI is InChI=1S/C10H21O2/c1-5-6-10(12-4)8-7-9(2)11-3/h9-10H,2,5-8H2,1,3-4H3. The van der Waals surface area contributed by atoms with Gasteiger partial charge in [-0.1, -0.05) is 13.3 Å². The molecule has 0 aliphatic carbocycles. The Kier molecular flexibility index (Phi) is 7.51. The summed E-state index contributed by atoms with van der Waals surface area (Å²) in [4.78, 5) is 0. The molecular weight excluding hydrogens is 152 g/mol. The predicted octanol–water partition coefficient (Wildman–Crippen LogP) is 2.43. The Hall–Kier alpha value is -0.0800. The molecule has 0 spiro atoms. The number of methoxy groups -OCH3 is 2. The smallest absolute Gasteiger partial charge is 0.0573 e. The van der Waals surface area contributed by atoms with Gasteiger partial charge in [-0.2, -0.15) is 0 Å². The number of ether oxygens (including phenoxy) is 2. The summed E-state index contributed by atoms with van der Waals surface area (Å²) < 4.78 is 10.4. The molecule has 1 radical (unpaired) electrons. The molecule has 0 aliphatic heterocycles. The Bertz CT molecular complexity index is 93.8. The lowest BCUT2D eigenvalue weighted by Gasteiger charge is -2.16. The molecule has 2 nitrogen and oxygen atoms in total. The molecule has 0 fully saturated rings. The molecule has 0 rings (SSSR count). The number of hydrogen-bond donors (Lipinski definition) is 0. The van der Waals surface area contributed by atoms with Crippen molar-refractivity contribution in [3.63, 3.8) is 0 Å². The molecule has 0 bridgehead atoms. The minimum Gasteiger partial charge on any atom is -0.381 e. The quantitative estimate of drug-likeness (QED) is 0.588. The summed E-state index contributed by atoms with van der Waals surface area (Å²) in [6.45, 7) is 6.02. The van der Waals surface area contributed by atoms with Crippen molar-refractivity contribution < 1.29 is 9.47 Å². The van der Waals surface area contributed by atoms with Crippen molar-refractivity contribution >= 4 is 0 Å². The highest BCUT2D eigenvalue weighted by Gasteiger charge is 2.08. The molecular formula is C10H21O2. The van der Waals surface area contributed by atoms with Crippen molar-refractivity contribution in [2.75, 3.05) is 14.2 Å². The van der Waals surface area contributed by atoms with Crippen LogP contribution < -0.4 is 0 Å². The van der Waals surface area contributed by atoms with Crippen molar-refractivity contribution in [3.05, 3.63) is 6.92 Å². The monoisotopic (exact) mass is 173 g/mol. The second-order valence-corrected chi connectivity index (χ2v) is 3.08. The normalized spacial score (nSPS) is 16.0. The van der Waals surface area contributed by atoms with Gasteiger partial charge in [0.25, 0.3) is 0 Å². The van der Waals surface area contributed by atoms with Gasteiger partial charge in [0.1, 0.15) is 0 Å². The average molecular weight is 173 g/mol. The van der Waals surface area contributed by atoms with E-state index in [0.29, 0.717) is 6.10 Å². The largest absolute Gasteiger partial charge is 0.381 e. The van der Waals surface area contributed by atoms with Gasteiger partial charge in [-0.3, -0.25) is 0 Å². The van der Waals surface area contributed by atoms with Crippen LogP contribution in [0.3, 0.4) is 0 Å². The third-order valence-electron chi connectivity index (χ3n) is 2.09. The third kappa shape index (κ3) is 5.56. The number of hydrogen-bond acceptors (Lipinski definition) is 2. The van der Waals surface area contributed by atoms with Gasteiger partial charge in [0.15, 0.2) is 0 Å². The van der Waals surface area contributed by atoms with E-state index in [0.717, 1.165) is 19.3 Å². The van der Waals surface area contributed by atoms with E-state index in [2.05, 4.69) is 13.8 Å². The first-order valence-electron chi connectivity index (χ1n) is 4.63. The van der Waals surface area contributed by atoms with Crippen LogP contribution in [0.25, 0.3) is 0 Å². The Labute approximate surface area is 76.3 Å². The molecule has 0 aliphatic rings. The Morgan fingerprint density at radius 3 is 2.17 bits per heavy atom. The first-order chi connectivity index (χ1) is 5.74. The van der Waals surface area contributed by atoms with E-state index in [1.807, 2.05) is 0 Å². The summed E-state index contributed by atoms with van der Waals surface area (Å²) in [5.74, 6) is 0. The summed E-state index contributed by atoms with van der Waals surface area (Å²) >= 11 is 0. The van der Waals surface area contributed by atoms with Crippen molar-refractivity contribution in [2.45, 2.75) is 44.8 Å².